The summed E-state index contributed by atoms with van der Waals surface area (Å²) in [5.74, 6) is 0. The predicted octanol–water partition coefficient (Wildman–Crippen LogP) is 3.04. The maximum absolute atomic E-state index is 7.62. The van der Waals surface area contributed by atoms with Crippen LogP contribution in [0.1, 0.15) is 6.92 Å². The Morgan fingerprint density at radius 1 is 0.516 bits per heavy atom. The van der Waals surface area contributed by atoms with Crippen LogP contribution in [0, 0.1) is 0 Å². The molecular formula is C27H29NOSi2. The summed E-state index contributed by atoms with van der Waals surface area (Å²) in [6.07, 6.45) is 0.495. The van der Waals surface area contributed by atoms with Gasteiger partial charge in [-0.05, 0) is 26.8 Å². The van der Waals surface area contributed by atoms with Crippen molar-refractivity contribution in [1.29, 1.82) is 0 Å². The van der Waals surface area contributed by atoms with Gasteiger partial charge < -0.3 is 9.85 Å². The van der Waals surface area contributed by atoms with E-state index in [4.69, 9.17) is 9.85 Å². The monoisotopic (exact) mass is 439 g/mol. The van der Waals surface area contributed by atoms with Crippen LogP contribution in [0.25, 0.3) is 0 Å². The molecule has 4 rings (SSSR count). The van der Waals surface area contributed by atoms with Gasteiger partial charge in [0, 0.05) is 6.17 Å². The first-order valence-electron chi connectivity index (χ1n) is 10.9. The molecule has 2 N–H and O–H groups in total. The van der Waals surface area contributed by atoms with Crippen molar-refractivity contribution >= 4 is 37.4 Å². The molecule has 0 fully saturated rings. The molecule has 0 radical (unpaired) electrons. The smallest absolute Gasteiger partial charge is 0.259 e. The summed E-state index contributed by atoms with van der Waals surface area (Å²) < 4.78 is 7.62. The molecule has 4 aromatic rings. The van der Waals surface area contributed by atoms with E-state index >= 15 is 0 Å². The first kappa shape index (κ1) is 21.5. The van der Waals surface area contributed by atoms with Crippen molar-refractivity contribution in [2.75, 3.05) is 6.17 Å². The molecule has 4 aromatic carbocycles. The molecule has 0 saturated carbocycles. The van der Waals surface area contributed by atoms with E-state index in [9.17, 15) is 0 Å². The zero-order valence-corrected chi connectivity index (χ0v) is 19.9. The van der Waals surface area contributed by atoms with Crippen molar-refractivity contribution in [1.82, 2.24) is 0 Å². The van der Waals surface area contributed by atoms with Crippen LogP contribution in [0.15, 0.2) is 121 Å². The Kier molecular flexibility index (Phi) is 6.63. The molecule has 31 heavy (non-hydrogen) atoms. The van der Waals surface area contributed by atoms with Crippen molar-refractivity contribution in [3.8, 4) is 0 Å². The van der Waals surface area contributed by atoms with Crippen LogP contribution in [0.5, 0.6) is 0 Å². The average Bonchev–Trinajstić information content (AvgIpc) is 2.87. The van der Waals surface area contributed by atoms with Crippen molar-refractivity contribution in [3.63, 3.8) is 0 Å². The minimum Gasteiger partial charge on any atom is -0.441 e. The summed E-state index contributed by atoms with van der Waals surface area (Å²) in [5, 5.41) is 5.03. The Morgan fingerprint density at radius 3 is 1.06 bits per heavy atom. The minimum atomic E-state index is -2.70. The molecular weight excluding hydrogens is 410 g/mol. The van der Waals surface area contributed by atoms with Gasteiger partial charge in [0.1, 0.15) is 0 Å². The molecule has 156 valence electrons. The van der Waals surface area contributed by atoms with Gasteiger partial charge in [-0.3, -0.25) is 0 Å². The summed E-state index contributed by atoms with van der Waals surface area (Å²) >= 11 is 0. The molecule has 2 nitrogen and oxygen atoms in total. The molecule has 0 aliphatic heterocycles. The van der Waals surface area contributed by atoms with Crippen LogP contribution in [0.4, 0.5) is 0 Å². The molecule has 0 heterocycles. The fraction of sp³-hybridized carbons (Fsp3) is 0.111. The maximum atomic E-state index is 7.62. The highest BCUT2D eigenvalue weighted by Gasteiger charge is 2.48. The highest BCUT2D eigenvalue weighted by molar-refractivity contribution is 7.09. The second-order valence-corrected chi connectivity index (χ2v) is 15.3. The van der Waals surface area contributed by atoms with Crippen LogP contribution in [-0.4, -0.2) is 22.8 Å². The van der Waals surface area contributed by atoms with Gasteiger partial charge >= 0.3 is 0 Å². The van der Waals surface area contributed by atoms with Crippen LogP contribution in [0.3, 0.4) is 0 Å². The van der Waals surface area contributed by atoms with Gasteiger partial charge in [0.2, 0.25) is 8.32 Å². The second-order valence-electron chi connectivity index (χ2n) is 7.78. The third-order valence-corrected chi connectivity index (χ3v) is 15.5. The quantitative estimate of drug-likeness (QED) is 0.428. The number of rotatable bonds is 8. The third kappa shape index (κ3) is 4.07. The van der Waals surface area contributed by atoms with Crippen molar-refractivity contribution in [2.45, 2.75) is 13.0 Å². The van der Waals surface area contributed by atoms with E-state index in [1.165, 1.54) is 20.7 Å². The largest absolute Gasteiger partial charge is 0.441 e. The van der Waals surface area contributed by atoms with E-state index in [0.29, 0.717) is 6.17 Å². The topological polar surface area (TPSA) is 35.2 Å². The van der Waals surface area contributed by atoms with Crippen LogP contribution >= 0.6 is 0 Å². The zero-order valence-electron chi connectivity index (χ0n) is 17.9. The number of nitrogens with two attached hydrogens (primary N) is 1. The maximum Gasteiger partial charge on any atom is 0.259 e. The highest BCUT2D eigenvalue weighted by atomic mass is 28.4. The Morgan fingerprint density at radius 2 is 0.806 bits per heavy atom. The standard InChI is InChI=1S/C27H29NOSi2/c1-2-30(24-15-7-3-8-16-24,25-17-9-4-10-18-25)29-31(23-28,26-19-11-5-12-20-26)27-21-13-6-14-22-27/h3-22H,2,23,28H2,1H3. The van der Waals surface area contributed by atoms with E-state index in [2.05, 4.69) is 128 Å². The van der Waals surface area contributed by atoms with E-state index in [1.54, 1.807) is 0 Å². The predicted molar refractivity (Wildman–Crippen MR) is 136 cm³/mol. The van der Waals surface area contributed by atoms with Crippen LogP contribution in [-0.2, 0) is 4.12 Å². The lowest BCUT2D eigenvalue weighted by Crippen LogP contribution is -2.75. The lowest BCUT2D eigenvalue weighted by atomic mass is 10.4. The molecule has 0 aliphatic carbocycles. The molecule has 0 bridgehead atoms. The summed E-state index contributed by atoms with van der Waals surface area (Å²) in [4.78, 5) is 0. The van der Waals surface area contributed by atoms with Gasteiger partial charge in [-0.2, -0.15) is 0 Å². The number of benzene rings is 4. The summed E-state index contributed by atoms with van der Waals surface area (Å²) in [6, 6.07) is 43.8. The fourth-order valence-corrected chi connectivity index (χ4v) is 14.5. The summed E-state index contributed by atoms with van der Waals surface area (Å²) in [6.45, 7) is 2.26. The summed E-state index contributed by atoms with van der Waals surface area (Å²) in [7, 11) is -5.27. The molecule has 0 amide bonds. The third-order valence-electron chi connectivity index (χ3n) is 6.09. The molecule has 0 aromatic heterocycles. The Bertz CT molecular complexity index is 905. The highest BCUT2D eigenvalue weighted by Crippen LogP contribution is 2.20. The average molecular weight is 440 g/mol. The van der Waals surface area contributed by atoms with E-state index in [0.717, 1.165) is 6.04 Å². The van der Waals surface area contributed by atoms with Crippen LogP contribution < -0.4 is 26.5 Å². The van der Waals surface area contributed by atoms with Gasteiger partial charge in [0.05, 0.1) is 0 Å². The fourth-order valence-electron chi connectivity index (χ4n) is 4.45. The molecule has 4 heteroatoms. The molecule has 0 atom stereocenters. The Labute approximate surface area is 187 Å². The SMILES string of the molecule is CC[Si](O[Si](CN)(c1ccccc1)c1ccccc1)(c1ccccc1)c1ccccc1. The van der Waals surface area contributed by atoms with Gasteiger partial charge in [0.15, 0.2) is 0 Å². The molecule has 0 spiro atoms. The van der Waals surface area contributed by atoms with Gasteiger partial charge in [-0.1, -0.05) is 128 Å². The number of hydrogen-bond acceptors (Lipinski definition) is 2. The number of hydrogen-bond donors (Lipinski definition) is 1. The van der Waals surface area contributed by atoms with Gasteiger partial charge in [-0.15, -0.1) is 0 Å². The van der Waals surface area contributed by atoms with Gasteiger partial charge in [-0.25, -0.2) is 0 Å². The van der Waals surface area contributed by atoms with Crippen molar-refractivity contribution in [2.24, 2.45) is 5.73 Å². The summed E-state index contributed by atoms with van der Waals surface area (Å²) in [5.41, 5.74) is 6.65. The molecule has 0 aliphatic rings. The first-order chi connectivity index (χ1) is 15.2. The Hall–Kier alpha value is -2.77. The lowest BCUT2D eigenvalue weighted by molar-refractivity contribution is 0.570. The first-order valence-corrected chi connectivity index (χ1v) is 15.1. The minimum absolute atomic E-state index is 0.495. The van der Waals surface area contributed by atoms with Crippen molar-refractivity contribution < 1.29 is 4.12 Å². The van der Waals surface area contributed by atoms with E-state index < -0.39 is 16.6 Å². The molecule has 0 unspecified atom stereocenters. The zero-order chi connectivity index (χ0) is 21.6. The Balaban J connectivity index is 1.98. The van der Waals surface area contributed by atoms with E-state index in [1.807, 2.05) is 0 Å². The van der Waals surface area contributed by atoms with Crippen LogP contribution in [0.2, 0.25) is 6.04 Å². The molecule has 0 saturated heterocycles. The second kappa shape index (κ2) is 9.58. The van der Waals surface area contributed by atoms with Gasteiger partial charge in [0.25, 0.3) is 8.32 Å². The van der Waals surface area contributed by atoms with E-state index in [-0.39, 0.29) is 0 Å². The van der Waals surface area contributed by atoms with Crippen molar-refractivity contribution in [3.05, 3.63) is 121 Å². The normalized spacial score (nSPS) is 11.9. The lowest BCUT2D eigenvalue weighted by Gasteiger charge is -2.42.